The quantitative estimate of drug-likeness (QED) is 0.851. The Bertz CT molecular complexity index is 685. The third kappa shape index (κ3) is 5.24. The van der Waals surface area contributed by atoms with Crippen molar-refractivity contribution in [3.05, 3.63) is 56.7 Å². The van der Waals surface area contributed by atoms with Crippen LogP contribution in [0.15, 0.2) is 35.7 Å². The summed E-state index contributed by atoms with van der Waals surface area (Å²) in [6, 6.07) is 9.28. The highest BCUT2D eigenvalue weighted by Crippen LogP contribution is 2.14. The Balaban J connectivity index is 1.85. The molecule has 108 valence electrons. The molecule has 3 N–H and O–H groups in total. The van der Waals surface area contributed by atoms with Gasteiger partial charge in [0.2, 0.25) is 5.91 Å². The van der Waals surface area contributed by atoms with Crippen molar-refractivity contribution in [2.75, 3.05) is 6.54 Å². The fourth-order valence-corrected chi connectivity index (χ4v) is 2.74. The molecule has 1 heterocycles. The molecule has 0 unspecified atom stereocenters. The monoisotopic (exact) mass is 318 g/mol. The van der Waals surface area contributed by atoms with Gasteiger partial charge in [-0.1, -0.05) is 35.6 Å². The zero-order chi connectivity index (χ0) is 15.1. The lowest BCUT2D eigenvalue weighted by Gasteiger charge is -2.04. The van der Waals surface area contributed by atoms with Crippen LogP contribution in [0.2, 0.25) is 5.02 Å². The van der Waals surface area contributed by atoms with E-state index in [2.05, 4.69) is 17.2 Å². The van der Waals surface area contributed by atoms with Gasteiger partial charge in [0.1, 0.15) is 0 Å². The van der Waals surface area contributed by atoms with Crippen molar-refractivity contribution >= 4 is 28.8 Å². The molecule has 2 aromatic rings. The van der Waals surface area contributed by atoms with E-state index in [1.807, 2.05) is 23.6 Å². The van der Waals surface area contributed by atoms with Crippen molar-refractivity contribution in [3.8, 4) is 11.8 Å². The summed E-state index contributed by atoms with van der Waals surface area (Å²) < 4.78 is 0. The molecule has 0 spiro atoms. The predicted octanol–water partition coefficient (Wildman–Crippen LogP) is 2.57. The number of benzene rings is 1. The van der Waals surface area contributed by atoms with Crippen LogP contribution in [-0.4, -0.2) is 12.5 Å². The summed E-state index contributed by atoms with van der Waals surface area (Å²) in [6.07, 6.45) is 0.325. The number of thiophene rings is 1. The van der Waals surface area contributed by atoms with Gasteiger partial charge in [0, 0.05) is 20.8 Å². The maximum absolute atomic E-state index is 11.9. The standard InChI is InChI=1S/C16H15ClN2OS/c17-14-5-1-3-12(7-14)9-16(20)19-10-15-8-13(11-21-15)4-2-6-18/h1,3,5,7-8,11H,6,9-10,18H2,(H,19,20). The van der Waals surface area contributed by atoms with Crippen LogP contribution in [0.4, 0.5) is 0 Å². The summed E-state index contributed by atoms with van der Waals surface area (Å²) in [5.41, 5.74) is 7.17. The van der Waals surface area contributed by atoms with Crippen molar-refractivity contribution in [2.24, 2.45) is 5.73 Å². The largest absolute Gasteiger partial charge is 0.351 e. The van der Waals surface area contributed by atoms with Crippen LogP contribution in [0.5, 0.6) is 0 Å². The lowest BCUT2D eigenvalue weighted by Crippen LogP contribution is -2.24. The first-order valence-electron chi connectivity index (χ1n) is 6.45. The average Bonchev–Trinajstić information content (AvgIpc) is 2.91. The van der Waals surface area contributed by atoms with E-state index in [1.165, 1.54) is 0 Å². The summed E-state index contributed by atoms with van der Waals surface area (Å²) in [6.45, 7) is 0.857. The molecule has 0 saturated heterocycles. The fourth-order valence-electron chi connectivity index (χ4n) is 1.77. The predicted molar refractivity (Wildman–Crippen MR) is 87.3 cm³/mol. The number of carbonyl (C=O) groups is 1. The Morgan fingerprint density at radius 2 is 2.24 bits per heavy atom. The minimum atomic E-state index is -0.0275. The number of amides is 1. The Morgan fingerprint density at radius 1 is 1.38 bits per heavy atom. The smallest absolute Gasteiger partial charge is 0.224 e. The van der Waals surface area contributed by atoms with E-state index in [0.29, 0.717) is 24.5 Å². The van der Waals surface area contributed by atoms with Crippen molar-refractivity contribution in [1.29, 1.82) is 0 Å². The first kappa shape index (κ1) is 15.6. The molecule has 0 fully saturated rings. The number of nitrogens with one attached hydrogen (secondary N) is 1. The number of hydrogen-bond donors (Lipinski definition) is 2. The third-order valence-electron chi connectivity index (χ3n) is 2.70. The van der Waals surface area contributed by atoms with Gasteiger partial charge in [-0.25, -0.2) is 0 Å². The van der Waals surface area contributed by atoms with Crippen LogP contribution in [0, 0.1) is 11.8 Å². The molecule has 2 rings (SSSR count). The van der Waals surface area contributed by atoms with E-state index in [-0.39, 0.29) is 5.91 Å². The number of carbonyl (C=O) groups excluding carboxylic acids is 1. The molecular weight excluding hydrogens is 304 g/mol. The molecule has 0 atom stereocenters. The fraction of sp³-hybridized carbons (Fsp3) is 0.188. The van der Waals surface area contributed by atoms with Gasteiger partial charge in [0.05, 0.1) is 19.5 Å². The van der Waals surface area contributed by atoms with E-state index >= 15 is 0 Å². The second kappa shape index (κ2) is 7.84. The zero-order valence-electron chi connectivity index (χ0n) is 11.4. The zero-order valence-corrected chi connectivity index (χ0v) is 12.9. The Hall–Kier alpha value is -1.80. The van der Waals surface area contributed by atoms with Crippen LogP contribution in [-0.2, 0) is 17.8 Å². The van der Waals surface area contributed by atoms with Crippen molar-refractivity contribution < 1.29 is 4.79 Å². The summed E-state index contributed by atoms with van der Waals surface area (Å²) in [4.78, 5) is 12.9. The van der Waals surface area contributed by atoms with Gasteiger partial charge in [-0.2, -0.15) is 0 Å². The minimum Gasteiger partial charge on any atom is -0.351 e. The number of halogens is 1. The molecular formula is C16H15ClN2OS. The van der Waals surface area contributed by atoms with Gasteiger partial charge in [-0.15, -0.1) is 11.3 Å². The minimum absolute atomic E-state index is 0.0275. The van der Waals surface area contributed by atoms with Crippen LogP contribution in [0.3, 0.4) is 0 Å². The normalized spacial score (nSPS) is 9.81. The molecule has 1 aromatic heterocycles. The lowest BCUT2D eigenvalue weighted by molar-refractivity contribution is -0.120. The van der Waals surface area contributed by atoms with Crippen LogP contribution in [0.25, 0.3) is 0 Å². The molecule has 3 nitrogen and oxygen atoms in total. The number of hydrogen-bond acceptors (Lipinski definition) is 3. The lowest BCUT2D eigenvalue weighted by atomic mass is 10.1. The maximum atomic E-state index is 11.9. The molecule has 5 heteroatoms. The van der Waals surface area contributed by atoms with Gasteiger partial charge >= 0.3 is 0 Å². The summed E-state index contributed by atoms with van der Waals surface area (Å²) in [5.74, 6) is 5.74. The molecule has 0 radical (unpaired) electrons. The molecule has 0 aliphatic heterocycles. The van der Waals surface area contributed by atoms with Gasteiger partial charge in [-0.3, -0.25) is 4.79 Å². The highest BCUT2D eigenvalue weighted by molar-refractivity contribution is 7.10. The summed E-state index contributed by atoms with van der Waals surface area (Å²) in [7, 11) is 0. The molecule has 0 saturated carbocycles. The number of nitrogens with two attached hydrogens (primary N) is 1. The second-order valence-electron chi connectivity index (χ2n) is 4.39. The second-order valence-corrected chi connectivity index (χ2v) is 5.82. The van der Waals surface area contributed by atoms with E-state index < -0.39 is 0 Å². The Labute approximate surface area is 133 Å². The SMILES string of the molecule is NCC#Cc1csc(CNC(=O)Cc2cccc(Cl)c2)c1. The van der Waals surface area contributed by atoms with Gasteiger partial charge in [0.25, 0.3) is 0 Å². The highest BCUT2D eigenvalue weighted by atomic mass is 35.5. The molecule has 21 heavy (non-hydrogen) atoms. The van der Waals surface area contributed by atoms with E-state index in [9.17, 15) is 4.79 Å². The van der Waals surface area contributed by atoms with E-state index in [4.69, 9.17) is 17.3 Å². The van der Waals surface area contributed by atoms with Gasteiger partial charge < -0.3 is 11.1 Å². The van der Waals surface area contributed by atoms with Crippen molar-refractivity contribution in [2.45, 2.75) is 13.0 Å². The van der Waals surface area contributed by atoms with E-state index in [0.717, 1.165) is 16.0 Å². The molecule has 0 bridgehead atoms. The van der Waals surface area contributed by atoms with Gasteiger partial charge in [-0.05, 0) is 23.8 Å². The highest BCUT2D eigenvalue weighted by Gasteiger charge is 2.05. The van der Waals surface area contributed by atoms with Crippen molar-refractivity contribution in [3.63, 3.8) is 0 Å². The molecule has 0 aliphatic rings. The topological polar surface area (TPSA) is 55.1 Å². The first-order chi connectivity index (χ1) is 10.2. The Morgan fingerprint density at radius 3 is 3.00 bits per heavy atom. The number of rotatable bonds is 4. The van der Waals surface area contributed by atoms with Crippen LogP contribution < -0.4 is 11.1 Å². The first-order valence-corrected chi connectivity index (χ1v) is 7.70. The summed E-state index contributed by atoms with van der Waals surface area (Å²) >= 11 is 7.47. The Kier molecular flexibility index (Phi) is 5.82. The van der Waals surface area contributed by atoms with Crippen LogP contribution in [0.1, 0.15) is 16.0 Å². The average molecular weight is 319 g/mol. The maximum Gasteiger partial charge on any atom is 0.224 e. The van der Waals surface area contributed by atoms with Gasteiger partial charge in [0.15, 0.2) is 0 Å². The van der Waals surface area contributed by atoms with Crippen LogP contribution >= 0.6 is 22.9 Å². The van der Waals surface area contributed by atoms with Crippen molar-refractivity contribution in [1.82, 2.24) is 5.32 Å². The summed E-state index contributed by atoms with van der Waals surface area (Å²) in [5, 5.41) is 5.49. The molecule has 0 aliphatic carbocycles. The molecule has 1 amide bonds. The molecule has 1 aromatic carbocycles. The van der Waals surface area contributed by atoms with E-state index in [1.54, 1.807) is 23.5 Å². The third-order valence-corrected chi connectivity index (χ3v) is 3.87.